The first-order valence-corrected chi connectivity index (χ1v) is 6.78. The second-order valence-electron chi connectivity index (χ2n) is 3.70. The molecule has 0 spiro atoms. The van der Waals surface area contributed by atoms with Crippen molar-refractivity contribution in [2.75, 3.05) is 0 Å². The smallest absolute Gasteiger partial charge is 0.307 e. The Kier molecular flexibility index (Phi) is 3.93. The fraction of sp³-hybridized carbons (Fsp3) is 0.0769. The van der Waals surface area contributed by atoms with Gasteiger partial charge in [0.15, 0.2) is 0 Å². The minimum atomic E-state index is -0.904. The van der Waals surface area contributed by atoms with E-state index >= 15 is 0 Å². The number of rotatable bonds is 4. The van der Waals surface area contributed by atoms with Crippen molar-refractivity contribution in [3.05, 3.63) is 56.2 Å². The highest BCUT2D eigenvalue weighted by Gasteiger charge is 2.12. The zero-order valence-electron chi connectivity index (χ0n) is 9.22. The summed E-state index contributed by atoms with van der Waals surface area (Å²) >= 11 is 4.67. The van der Waals surface area contributed by atoms with E-state index in [2.05, 4.69) is 15.9 Å². The number of aliphatic carboxylic acids is 1. The topological polar surface area (TPSA) is 54.4 Å². The van der Waals surface area contributed by atoms with Crippen LogP contribution in [-0.4, -0.2) is 16.9 Å². The lowest BCUT2D eigenvalue weighted by atomic mass is 10.0. The van der Waals surface area contributed by atoms with Crippen LogP contribution in [0.15, 0.2) is 40.2 Å². The number of carbonyl (C=O) groups is 2. The summed E-state index contributed by atoms with van der Waals surface area (Å²) < 4.78 is 0.896. The Hall–Kier alpha value is -1.46. The Balaban J connectivity index is 2.28. The van der Waals surface area contributed by atoms with Crippen LogP contribution in [-0.2, 0) is 11.2 Å². The van der Waals surface area contributed by atoms with Crippen LogP contribution in [0.3, 0.4) is 0 Å². The molecule has 18 heavy (non-hydrogen) atoms. The maximum atomic E-state index is 12.1. The lowest BCUT2D eigenvalue weighted by Gasteiger charge is -2.01. The summed E-state index contributed by atoms with van der Waals surface area (Å²) in [6, 6.07) is 10.3. The molecular formula is C13H9BrO3S. The Morgan fingerprint density at radius 1 is 1.22 bits per heavy atom. The number of benzene rings is 1. The van der Waals surface area contributed by atoms with Crippen LogP contribution in [0.5, 0.6) is 0 Å². The molecule has 0 aliphatic heterocycles. The molecule has 0 atom stereocenters. The van der Waals surface area contributed by atoms with Gasteiger partial charge in [-0.3, -0.25) is 9.59 Å². The molecule has 2 rings (SSSR count). The maximum Gasteiger partial charge on any atom is 0.307 e. The largest absolute Gasteiger partial charge is 0.481 e. The molecule has 0 radical (unpaired) electrons. The lowest BCUT2D eigenvalue weighted by molar-refractivity contribution is -0.136. The quantitative estimate of drug-likeness (QED) is 0.877. The van der Waals surface area contributed by atoms with Gasteiger partial charge in [-0.1, -0.05) is 18.2 Å². The first kappa shape index (κ1) is 13.0. The van der Waals surface area contributed by atoms with Crippen LogP contribution in [0.2, 0.25) is 0 Å². The molecule has 1 heterocycles. The van der Waals surface area contributed by atoms with Crippen molar-refractivity contribution in [3.8, 4) is 0 Å². The maximum absolute atomic E-state index is 12.1. The molecule has 0 saturated carbocycles. The van der Waals surface area contributed by atoms with Gasteiger partial charge < -0.3 is 5.11 Å². The Morgan fingerprint density at radius 2 is 2.00 bits per heavy atom. The molecular weight excluding hydrogens is 316 g/mol. The highest BCUT2D eigenvalue weighted by Crippen LogP contribution is 2.24. The highest BCUT2D eigenvalue weighted by molar-refractivity contribution is 9.11. The van der Waals surface area contributed by atoms with Gasteiger partial charge in [-0.25, -0.2) is 0 Å². The summed E-state index contributed by atoms with van der Waals surface area (Å²) in [6.07, 6.45) is -0.0742. The zero-order chi connectivity index (χ0) is 13.1. The summed E-state index contributed by atoms with van der Waals surface area (Å²) in [5, 5.41) is 8.73. The lowest BCUT2D eigenvalue weighted by Crippen LogP contribution is -2.03. The molecule has 0 aliphatic carbocycles. The standard InChI is InChI=1S/C13H9BrO3S/c14-11-5-4-10(18-11)13(17)9-3-1-2-8(6-9)7-12(15)16/h1-6H,7H2,(H,15,16). The zero-order valence-corrected chi connectivity index (χ0v) is 11.6. The summed E-state index contributed by atoms with van der Waals surface area (Å²) in [5.41, 5.74) is 1.15. The monoisotopic (exact) mass is 324 g/mol. The molecule has 1 aromatic heterocycles. The van der Waals surface area contributed by atoms with Gasteiger partial charge in [0.1, 0.15) is 0 Å². The average molecular weight is 325 g/mol. The molecule has 5 heteroatoms. The van der Waals surface area contributed by atoms with Crippen molar-refractivity contribution in [2.45, 2.75) is 6.42 Å². The third kappa shape index (κ3) is 3.05. The van der Waals surface area contributed by atoms with E-state index in [1.165, 1.54) is 11.3 Å². The fourth-order valence-corrected chi connectivity index (χ4v) is 2.92. The van der Waals surface area contributed by atoms with E-state index in [-0.39, 0.29) is 12.2 Å². The first-order chi connectivity index (χ1) is 8.56. The van der Waals surface area contributed by atoms with Gasteiger partial charge in [-0.05, 0) is 39.7 Å². The Morgan fingerprint density at radius 3 is 2.61 bits per heavy atom. The van der Waals surface area contributed by atoms with Crippen LogP contribution in [0.4, 0.5) is 0 Å². The minimum Gasteiger partial charge on any atom is -0.481 e. The van der Waals surface area contributed by atoms with Crippen molar-refractivity contribution in [3.63, 3.8) is 0 Å². The summed E-state index contributed by atoms with van der Waals surface area (Å²) in [7, 11) is 0. The summed E-state index contributed by atoms with van der Waals surface area (Å²) in [6.45, 7) is 0. The summed E-state index contributed by atoms with van der Waals surface area (Å²) in [5.74, 6) is -0.989. The molecule has 1 aromatic carbocycles. The second kappa shape index (κ2) is 5.46. The van der Waals surface area contributed by atoms with E-state index in [0.717, 1.165) is 3.79 Å². The van der Waals surface area contributed by atoms with Crippen LogP contribution < -0.4 is 0 Å². The number of halogens is 1. The van der Waals surface area contributed by atoms with E-state index in [0.29, 0.717) is 16.0 Å². The highest BCUT2D eigenvalue weighted by atomic mass is 79.9. The van der Waals surface area contributed by atoms with E-state index in [4.69, 9.17) is 5.11 Å². The van der Waals surface area contributed by atoms with Gasteiger partial charge in [0, 0.05) is 5.56 Å². The van der Waals surface area contributed by atoms with E-state index in [9.17, 15) is 9.59 Å². The molecule has 2 aromatic rings. The van der Waals surface area contributed by atoms with E-state index < -0.39 is 5.97 Å². The van der Waals surface area contributed by atoms with E-state index in [1.54, 1.807) is 30.3 Å². The van der Waals surface area contributed by atoms with Crippen molar-refractivity contribution >= 4 is 39.0 Å². The number of hydrogen-bond acceptors (Lipinski definition) is 3. The second-order valence-corrected chi connectivity index (χ2v) is 6.17. The molecule has 0 saturated heterocycles. The van der Waals surface area contributed by atoms with Crippen molar-refractivity contribution in [1.29, 1.82) is 0 Å². The molecule has 0 aliphatic rings. The van der Waals surface area contributed by atoms with Crippen LogP contribution >= 0.6 is 27.3 Å². The van der Waals surface area contributed by atoms with Gasteiger partial charge in [0.2, 0.25) is 5.78 Å². The van der Waals surface area contributed by atoms with Crippen LogP contribution in [0.1, 0.15) is 20.8 Å². The van der Waals surface area contributed by atoms with Crippen molar-refractivity contribution in [2.24, 2.45) is 0 Å². The number of hydrogen-bond donors (Lipinski definition) is 1. The number of ketones is 1. The fourth-order valence-electron chi connectivity index (χ4n) is 1.58. The Labute approximate surface area is 116 Å². The van der Waals surface area contributed by atoms with Gasteiger partial charge in [-0.2, -0.15) is 0 Å². The normalized spacial score (nSPS) is 10.3. The SMILES string of the molecule is O=C(O)Cc1cccc(C(=O)c2ccc(Br)s2)c1. The molecule has 3 nitrogen and oxygen atoms in total. The average Bonchev–Trinajstić information content (AvgIpc) is 2.74. The van der Waals surface area contributed by atoms with Gasteiger partial charge in [0.05, 0.1) is 15.1 Å². The number of carboxylic acid groups (broad SMARTS) is 1. The third-order valence-corrected chi connectivity index (χ3v) is 3.96. The van der Waals surface area contributed by atoms with Crippen LogP contribution in [0.25, 0.3) is 0 Å². The molecule has 0 fully saturated rings. The number of carbonyl (C=O) groups excluding carboxylic acids is 1. The molecule has 0 unspecified atom stereocenters. The first-order valence-electron chi connectivity index (χ1n) is 5.17. The van der Waals surface area contributed by atoms with Crippen molar-refractivity contribution in [1.82, 2.24) is 0 Å². The molecule has 1 N–H and O–H groups in total. The van der Waals surface area contributed by atoms with Gasteiger partial charge in [-0.15, -0.1) is 11.3 Å². The molecule has 92 valence electrons. The number of carboxylic acids is 1. The predicted octanol–water partition coefficient (Wildman–Crippen LogP) is 3.37. The molecule has 0 bridgehead atoms. The predicted molar refractivity (Wildman–Crippen MR) is 73.2 cm³/mol. The van der Waals surface area contributed by atoms with E-state index in [1.807, 2.05) is 6.07 Å². The molecule has 0 amide bonds. The summed E-state index contributed by atoms with van der Waals surface area (Å²) in [4.78, 5) is 23.4. The minimum absolute atomic E-state index is 0.0742. The van der Waals surface area contributed by atoms with Gasteiger partial charge >= 0.3 is 5.97 Å². The van der Waals surface area contributed by atoms with Crippen molar-refractivity contribution < 1.29 is 14.7 Å². The Bertz CT molecular complexity index is 604. The third-order valence-electron chi connectivity index (χ3n) is 2.34. The van der Waals surface area contributed by atoms with Crippen LogP contribution in [0, 0.1) is 0 Å². The number of thiophene rings is 1. The van der Waals surface area contributed by atoms with Gasteiger partial charge in [0.25, 0.3) is 0 Å².